The van der Waals surface area contributed by atoms with Gasteiger partial charge in [0.25, 0.3) is 11.8 Å². The molecule has 3 N–H and O–H groups in total. The fourth-order valence-electron chi connectivity index (χ4n) is 1.63. The Hall–Kier alpha value is -2.76. The minimum atomic E-state index is -0.792. The molecule has 2 amide bonds. The van der Waals surface area contributed by atoms with E-state index in [2.05, 4.69) is 5.32 Å². The highest BCUT2D eigenvalue weighted by molar-refractivity contribution is 6.08. The Bertz CT molecular complexity index is 669. The van der Waals surface area contributed by atoms with Gasteiger partial charge >= 0.3 is 0 Å². The van der Waals surface area contributed by atoms with E-state index in [0.717, 1.165) is 24.3 Å². The van der Waals surface area contributed by atoms with Gasteiger partial charge in [0.1, 0.15) is 11.6 Å². The fraction of sp³-hybridized carbons (Fsp3) is 0. The summed E-state index contributed by atoms with van der Waals surface area (Å²) in [7, 11) is 0. The topological polar surface area (TPSA) is 72.2 Å². The van der Waals surface area contributed by atoms with E-state index in [9.17, 15) is 18.4 Å². The Labute approximate surface area is 113 Å². The number of carbonyl (C=O) groups is 2. The molecule has 0 fully saturated rings. The van der Waals surface area contributed by atoms with Crippen molar-refractivity contribution in [1.82, 2.24) is 0 Å². The molecule has 0 saturated carbocycles. The number of amides is 2. The molecule has 6 heteroatoms. The van der Waals surface area contributed by atoms with Crippen LogP contribution in [0.25, 0.3) is 0 Å². The molecule has 0 aliphatic heterocycles. The van der Waals surface area contributed by atoms with Gasteiger partial charge in [-0.05, 0) is 42.5 Å². The number of halogens is 2. The van der Waals surface area contributed by atoms with E-state index in [1.807, 2.05) is 0 Å². The normalized spacial score (nSPS) is 10.1. The van der Waals surface area contributed by atoms with E-state index >= 15 is 0 Å². The van der Waals surface area contributed by atoms with Gasteiger partial charge in [0.15, 0.2) is 0 Å². The molecule has 0 radical (unpaired) electrons. The van der Waals surface area contributed by atoms with Crippen LogP contribution in [0.5, 0.6) is 0 Å². The lowest BCUT2D eigenvalue weighted by atomic mass is 10.1. The van der Waals surface area contributed by atoms with Crippen molar-refractivity contribution < 1.29 is 18.4 Å². The highest BCUT2D eigenvalue weighted by atomic mass is 19.1. The second-order valence-electron chi connectivity index (χ2n) is 4.02. The van der Waals surface area contributed by atoms with Crippen LogP contribution >= 0.6 is 0 Å². The van der Waals surface area contributed by atoms with Crippen LogP contribution in [0, 0.1) is 11.6 Å². The van der Waals surface area contributed by atoms with Crippen molar-refractivity contribution in [2.45, 2.75) is 0 Å². The first-order valence-electron chi connectivity index (χ1n) is 5.63. The highest BCUT2D eigenvalue weighted by Crippen LogP contribution is 2.18. The van der Waals surface area contributed by atoms with Crippen molar-refractivity contribution in [1.29, 1.82) is 0 Å². The summed E-state index contributed by atoms with van der Waals surface area (Å²) in [6.45, 7) is 0. The van der Waals surface area contributed by atoms with Crippen LogP contribution in [0.1, 0.15) is 20.7 Å². The molecular formula is C14H10F2N2O2. The van der Waals surface area contributed by atoms with Gasteiger partial charge in [-0.2, -0.15) is 0 Å². The van der Waals surface area contributed by atoms with Gasteiger partial charge in [-0.3, -0.25) is 9.59 Å². The van der Waals surface area contributed by atoms with E-state index in [0.29, 0.717) is 0 Å². The third-order valence-electron chi connectivity index (χ3n) is 2.60. The fourth-order valence-corrected chi connectivity index (χ4v) is 1.63. The summed E-state index contributed by atoms with van der Waals surface area (Å²) in [5.41, 5.74) is 5.26. The van der Waals surface area contributed by atoms with E-state index in [-0.39, 0.29) is 16.8 Å². The highest BCUT2D eigenvalue weighted by Gasteiger charge is 2.13. The average molecular weight is 276 g/mol. The lowest BCUT2D eigenvalue weighted by Gasteiger charge is -2.09. The Balaban J connectivity index is 2.29. The molecule has 0 spiro atoms. The maximum atomic E-state index is 13.2. The standard InChI is InChI=1S/C14H10F2N2O2/c15-9-3-1-8(2-4-9)14(20)18-12-7-10(16)5-6-11(12)13(17)19/h1-7H,(H2,17,19)(H,18,20). The minimum Gasteiger partial charge on any atom is -0.366 e. The molecule has 0 unspecified atom stereocenters. The predicted molar refractivity (Wildman–Crippen MR) is 69.3 cm³/mol. The lowest BCUT2D eigenvalue weighted by Crippen LogP contribution is -2.18. The molecule has 0 aliphatic rings. The number of nitrogens with two attached hydrogens (primary N) is 1. The van der Waals surface area contributed by atoms with Gasteiger partial charge in [0.2, 0.25) is 0 Å². The average Bonchev–Trinajstić information content (AvgIpc) is 2.39. The zero-order valence-electron chi connectivity index (χ0n) is 10.2. The van der Waals surface area contributed by atoms with Crippen molar-refractivity contribution >= 4 is 17.5 Å². The zero-order chi connectivity index (χ0) is 14.7. The first kappa shape index (κ1) is 13.7. The monoisotopic (exact) mass is 276 g/mol. The quantitative estimate of drug-likeness (QED) is 0.903. The predicted octanol–water partition coefficient (Wildman–Crippen LogP) is 2.32. The summed E-state index contributed by atoms with van der Waals surface area (Å²) in [4.78, 5) is 23.1. The van der Waals surface area contributed by atoms with E-state index < -0.39 is 23.4 Å². The van der Waals surface area contributed by atoms with E-state index in [4.69, 9.17) is 5.73 Å². The number of hydrogen-bond donors (Lipinski definition) is 2. The lowest BCUT2D eigenvalue weighted by molar-refractivity contribution is 0.100. The van der Waals surface area contributed by atoms with Crippen molar-refractivity contribution in [3.8, 4) is 0 Å². The summed E-state index contributed by atoms with van der Waals surface area (Å²) in [5.74, 6) is -2.49. The van der Waals surface area contributed by atoms with E-state index in [1.54, 1.807) is 0 Å². The van der Waals surface area contributed by atoms with Gasteiger partial charge in [0, 0.05) is 5.56 Å². The Morgan fingerprint density at radius 3 is 2.15 bits per heavy atom. The molecule has 102 valence electrons. The van der Waals surface area contributed by atoms with E-state index in [1.165, 1.54) is 18.2 Å². The third kappa shape index (κ3) is 2.97. The Kier molecular flexibility index (Phi) is 3.74. The second-order valence-corrected chi connectivity index (χ2v) is 4.02. The summed E-state index contributed by atoms with van der Waals surface area (Å²) >= 11 is 0. The largest absolute Gasteiger partial charge is 0.366 e. The van der Waals surface area contributed by atoms with Gasteiger partial charge < -0.3 is 11.1 Å². The van der Waals surface area contributed by atoms with Crippen molar-refractivity contribution in [3.05, 3.63) is 65.2 Å². The molecule has 4 nitrogen and oxygen atoms in total. The van der Waals surface area contributed by atoms with Crippen molar-refractivity contribution in [3.63, 3.8) is 0 Å². The Morgan fingerprint density at radius 1 is 0.950 bits per heavy atom. The first-order valence-corrected chi connectivity index (χ1v) is 5.63. The molecule has 2 aromatic rings. The van der Waals surface area contributed by atoms with Crippen LogP contribution in [0.3, 0.4) is 0 Å². The maximum Gasteiger partial charge on any atom is 0.255 e. The summed E-state index contributed by atoms with van der Waals surface area (Å²) in [6.07, 6.45) is 0. The smallest absolute Gasteiger partial charge is 0.255 e. The van der Waals surface area contributed by atoms with Crippen LogP contribution in [-0.2, 0) is 0 Å². The minimum absolute atomic E-state index is 0.0122. The molecule has 0 saturated heterocycles. The summed E-state index contributed by atoms with van der Waals surface area (Å²) < 4.78 is 25.9. The number of benzene rings is 2. The number of primary amides is 1. The van der Waals surface area contributed by atoms with Crippen molar-refractivity contribution in [2.24, 2.45) is 5.73 Å². The van der Waals surface area contributed by atoms with Crippen LogP contribution in [0.4, 0.5) is 14.5 Å². The summed E-state index contributed by atoms with van der Waals surface area (Å²) in [6, 6.07) is 8.01. The molecule has 0 heterocycles. The SMILES string of the molecule is NC(=O)c1ccc(F)cc1NC(=O)c1ccc(F)cc1. The van der Waals surface area contributed by atoms with Gasteiger partial charge in [-0.25, -0.2) is 8.78 Å². The van der Waals surface area contributed by atoms with Crippen LogP contribution in [0.2, 0.25) is 0 Å². The first-order chi connectivity index (χ1) is 9.47. The number of anilines is 1. The Morgan fingerprint density at radius 2 is 1.55 bits per heavy atom. The molecule has 0 aromatic heterocycles. The molecule has 0 atom stereocenters. The van der Waals surface area contributed by atoms with Crippen LogP contribution in [0.15, 0.2) is 42.5 Å². The van der Waals surface area contributed by atoms with Gasteiger partial charge in [-0.15, -0.1) is 0 Å². The van der Waals surface area contributed by atoms with Crippen LogP contribution in [-0.4, -0.2) is 11.8 Å². The number of rotatable bonds is 3. The molecule has 0 aliphatic carbocycles. The molecular weight excluding hydrogens is 266 g/mol. The third-order valence-corrected chi connectivity index (χ3v) is 2.60. The van der Waals surface area contributed by atoms with Gasteiger partial charge in [0.05, 0.1) is 11.3 Å². The van der Waals surface area contributed by atoms with Crippen LogP contribution < -0.4 is 11.1 Å². The number of nitrogens with one attached hydrogen (secondary N) is 1. The second kappa shape index (κ2) is 5.48. The maximum absolute atomic E-state index is 13.2. The molecule has 2 aromatic carbocycles. The van der Waals surface area contributed by atoms with Crippen molar-refractivity contribution in [2.75, 3.05) is 5.32 Å². The number of carbonyl (C=O) groups excluding carboxylic acids is 2. The summed E-state index contributed by atoms with van der Waals surface area (Å²) in [5, 5.41) is 2.37. The molecule has 0 bridgehead atoms. The molecule has 2 rings (SSSR count). The zero-order valence-corrected chi connectivity index (χ0v) is 10.2. The van der Waals surface area contributed by atoms with Gasteiger partial charge in [-0.1, -0.05) is 0 Å². The number of hydrogen-bond acceptors (Lipinski definition) is 2. The molecule has 20 heavy (non-hydrogen) atoms.